The lowest BCUT2D eigenvalue weighted by Gasteiger charge is -2.19. The van der Waals surface area contributed by atoms with Crippen LogP contribution in [0.15, 0.2) is 0 Å². The van der Waals surface area contributed by atoms with E-state index in [1.807, 2.05) is 0 Å². The lowest BCUT2D eigenvalue weighted by molar-refractivity contribution is -0.243. The van der Waals surface area contributed by atoms with Gasteiger partial charge in [-0.15, -0.1) is 0 Å². The summed E-state index contributed by atoms with van der Waals surface area (Å²) < 4.78 is 0. The second-order valence-corrected chi connectivity index (χ2v) is 2.46. The quantitative estimate of drug-likeness (QED) is 0.413. The first-order valence-corrected chi connectivity index (χ1v) is 4.04. The molecule has 0 aromatic heterocycles. The fourth-order valence-electron chi connectivity index (χ4n) is 1.00. The third kappa shape index (κ3) is 6.25. The molecule has 0 unspecified atom stereocenters. The van der Waals surface area contributed by atoms with Crippen LogP contribution in [0.4, 0.5) is 0 Å². The van der Waals surface area contributed by atoms with Crippen molar-refractivity contribution in [2.75, 3.05) is 32.8 Å². The second-order valence-electron chi connectivity index (χ2n) is 2.46. The summed E-state index contributed by atoms with van der Waals surface area (Å²) in [6.45, 7) is 5.77. The molecule has 0 aliphatic rings. The van der Waals surface area contributed by atoms with Crippen molar-refractivity contribution < 1.29 is 10.1 Å². The molecule has 0 aliphatic heterocycles. The van der Waals surface area contributed by atoms with Crippen LogP contribution in [-0.4, -0.2) is 42.9 Å². The van der Waals surface area contributed by atoms with E-state index in [0.29, 0.717) is 13.2 Å². The average Bonchev–Trinajstić information content (AvgIpc) is 2.01. The van der Waals surface area contributed by atoms with Gasteiger partial charge in [0.2, 0.25) is 0 Å². The first kappa shape index (κ1) is 10.8. The average molecular weight is 162 g/mol. The third-order valence-corrected chi connectivity index (χ3v) is 1.48. The van der Waals surface area contributed by atoms with Crippen molar-refractivity contribution in [3.63, 3.8) is 0 Å². The van der Waals surface area contributed by atoms with Crippen LogP contribution in [0.25, 0.3) is 0 Å². The zero-order valence-electron chi connectivity index (χ0n) is 7.12. The molecule has 0 bridgehead atoms. The van der Waals surface area contributed by atoms with E-state index in [1.54, 1.807) is 0 Å². The molecule has 0 aromatic rings. The molecule has 0 radical (unpaired) electrons. The highest BCUT2D eigenvalue weighted by atomic mass is 17.1. The molecule has 0 heterocycles. The lowest BCUT2D eigenvalue weighted by Crippen LogP contribution is -2.33. The van der Waals surface area contributed by atoms with Crippen molar-refractivity contribution in [2.24, 2.45) is 5.73 Å². The highest BCUT2D eigenvalue weighted by Gasteiger charge is 2.00. The van der Waals surface area contributed by atoms with E-state index in [9.17, 15) is 0 Å². The van der Waals surface area contributed by atoms with Gasteiger partial charge in [0.1, 0.15) is 0 Å². The van der Waals surface area contributed by atoms with Gasteiger partial charge in [0, 0.05) is 19.6 Å². The van der Waals surface area contributed by atoms with E-state index in [0.717, 1.165) is 26.1 Å². The Hall–Kier alpha value is -0.160. The Labute approximate surface area is 67.9 Å². The van der Waals surface area contributed by atoms with Gasteiger partial charge in [-0.3, -0.25) is 10.2 Å². The maximum atomic E-state index is 8.09. The molecule has 0 aromatic carbocycles. The molecule has 4 nitrogen and oxygen atoms in total. The molecule has 0 atom stereocenters. The highest BCUT2D eigenvalue weighted by molar-refractivity contribution is 4.55. The molecule has 0 amide bonds. The Morgan fingerprint density at radius 2 is 2.09 bits per heavy atom. The van der Waals surface area contributed by atoms with Crippen LogP contribution in [0, 0.1) is 0 Å². The largest absolute Gasteiger partial charge is 0.329 e. The number of hydrogen-bond donors (Lipinski definition) is 2. The Kier molecular flexibility index (Phi) is 7.83. The minimum Gasteiger partial charge on any atom is -0.329 e. The van der Waals surface area contributed by atoms with Crippen LogP contribution in [0.5, 0.6) is 0 Å². The third-order valence-electron chi connectivity index (χ3n) is 1.48. The number of nitrogens with two attached hydrogens (primary N) is 1. The molecule has 4 heteroatoms. The monoisotopic (exact) mass is 162 g/mol. The SMILES string of the molecule is CCCN(CCN)CCOO. The Morgan fingerprint density at radius 3 is 2.55 bits per heavy atom. The smallest absolute Gasteiger partial charge is 0.0946 e. The van der Waals surface area contributed by atoms with Gasteiger partial charge in [0.15, 0.2) is 0 Å². The summed E-state index contributed by atoms with van der Waals surface area (Å²) in [6, 6.07) is 0. The van der Waals surface area contributed by atoms with E-state index in [-0.39, 0.29) is 0 Å². The second kappa shape index (κ2) is 7.94. The predicted octanol–water partition coefficient (Wildman–Crippen LogP) is 0.147. The van der Waals surface area contributed by atoms with E-state index in [1.165, 1.54) is 0 Å². The lowest BCUT2D eigenvalue weighted by atomic mass is 10.4. The number of nitrogens with zero attached hydrogens (tertiary/aromatic N) is 1. The summed E-state index contributed by atoms with van der Waals surface area (Å²) in [7, 11) is 0. The minimum atomic E-state index is 0.361. The zero-order chi connectivity index (χ0) is 8.53. The van der Waals surface area contributed by atoms with Crippen LogP contribution >= 0.6 is 0 Å². The van der Waals surface area contributed by atoms with Crippen LogP contribution in [0.2, 0.25) is 0 Å². The molecule has 0 saturated heterocycles. The Bertz CT molecular complexity index is 74.8. The maximum Gasteiger partial charge on any atom is 0.0946 e. The zero-order valence-corrected chi connectivity index (χ0v) is 7.12. The molecule has 68 valence electrons. The fourth-order valence-corrected chi connectivity index (χ4v) is 1.00. The summed E-state index contributed by atoms with van der Waals surface area (Å²) >= 11 is 0. The summed E-state index contributed by atoms with van der Waals surface area (Å²) in [6.07, 6.45) is 1.10. The van der Waals surface area contributed by atoms with Crippen molar-refractivity contribution in [1.82, 2.24) is 4.90 Å². The Balaban J connectivity index is 3.34. The van der Waals surface area contributed by atoms with Crippen molar-refractivity contribution >= 4 is 0 Å². The molecule has 0 spiro atoms. The summed E-state index contributed by atoms with van der Waals surface area (Å²) in [5.74, 6) is 0. The molecular formula is C7H18N2O2. The minimum absolute atomic E-state index is 0.361. The van der Waals surface area contributed by atoms with Gasteiger partial charge < -0.3 is 5.73 Å². The van der Waals surface area contributed by atoms with E-state index < -0.39 is 0 Å². The highest BCUT2D eigenvalue weighted by Crippen LogP contribution is 1.89. The molecule has 0 saturated carbocycles. The van der Waals surface area contributed by atoms with Crippen LogP contribution in [0.3, 0.4) is 0 Å². The molecular weight excluding hydrogens is 144 g/mol. The van der Waals surface area contributed by atoms with Gasteiger partial charge in [0.25, 0.3) is 0 Å². The van der Waals surface area contributed by atoms with E-state index in [4.69, 9.17) is 11.0 Å². The first-order valence-electron chi connectivity index (χ1n) is 4.04. The molecule has 0 fully saturated rings. The summed E-state index contributed by atoms with van der Waals surface area (Å²) in [5, 5.41) is 8.09. The molecule has 3 N–H and O–H groups in total. The van der Waals surface area contributed by atoms with Crippen molar-refractivity contribution in [3.05, 3.63) is 0 Å². The first-order chi connectivity index (χ1) is 5.35. The van der Waals surface area contributed by atoms with Crippen molar-refractivity contribution in [1.29, 1.82) is 0 Å². The van der Waals surface area contributed by atoms with Gasteiger partial charge in [0.05, 0.1) is 6.61 Å². The number of hydrogen-bond acceptors (Lipinski definition) is 4. The van der Waals surface area contributed by atoms with Gasteiger partial charge >= 0.3 is 0 Å². The molecule has 0 aliphatic carbocycles. The standard InChI is InChI=1S/C7H18N2O2/c1-2-4-9(5-3-8)6-7-11-10/h10H,2-8H2,1H3. The van der Waals surface area contributed by atoms with Gasteiger partial charge in [-0.25, -0.2) is 4.89 Å². The van der Waals surface area contributed by atoms with Gasteiger partial charge in [-0.2, -0.15) is 0 Å². The topological polar surface area (TPSA) is 58.7 Å². The van der Waals surface area contributed by atoms with E-state index in [2.05, 4.69) is 16.7 Å². The van der Waals surface area contributed by atoms with Gasteiger partial charge in [-0.05, 0) is 13.0 Å². The summed E-state index contributed by atoms with van der Waals surface area (Å²) in [4.78, 5) is 6.15. The molecule has 11 heavy (non-hydrogen) atoms. The van der Waals surface area contributed by atoms with Crippen molar-refractivity contribution in [3.8, 4) is 0 Å². The maximum absolute atomic E-state index is 8.09. The summed E-state index contributed by atoms with van der Waals surface area (Å²) in [5.41, 5.74) is 5.39. The van der Waals surface area contributed by atoms with Crippen molar-refractivity contribution in [2.45, 2.75) is 13.3 Å². The molecule has 0 rings (SSSR count). The number of rotatable bonds is 7. The normalized spacial score (nSPS) is 10.9. The van der Waals surface area contributed by atoms with Crippen LogP contribution < -0.4 is 5.73 Å². The van der Waals surface area contributed by atoms with E-state index >= 15 is 0 Å². The van der Waals surface area contributed by atoms with Gasteiger partial charge in [-0.1, -0.05) is 6.92 Å². The Morgan fingerprint density at radius 1 is 1.36 bits per heavy atom. The predicted molar refractivity (Wildman–Crippen MR) is 44.4 cm³/mol. The van der Waals surface area contributed by atoms with Crippen LogP contribution in [-0.2, 0) is 4.89 Å². The van der Waals surface area contributed by atoms with Crippen LogP contribution in [0.1, 0.15) is 13.3 Å². The fraction of sp³-hybridized carbons (Fsp3) is 1.00.